The fraction of sp³-hybridized carbons (Fsp3) is 0.375. The minimum atomic E-state index is -1.84. The highest BCUT2D eigenvalue weighted by Crippen LogP contribution is 2.31. The van der Waals surface area contributed by atoms with Crippen molar-refractivity contribution in [2.75, 3.05) is 27.2 Å². The predicted molar refractivity (Wildman–Crippen MR) is 85.7 cm³/mol. The minimum absolute atomic E-state index is 0.300. The zero-order chi connectivity index (χ0) is 19.6. The van der Waals surface area contributed by atoms with Gasteiger partial charge in [-0.3, -0.25) is 19.3 Å². The first-order valence-electron chi connectivity index (χ1n) is 7.62. The third-order valence-corrected chi connectivity index (χ3v) is 3.98. The van der Waals surface area contributed by atoms with Gasteiger partial charge < -0.3 is 15.5 Å². The summed E-state index contributed by atoms with van der Waals surface area (Å²) in [5.41, 5.74) is -2.19. The molecule has 10 heteroatoms. The Morgan fingerprint density at radius 1 is 1.27 bits per heavy atom. The van der Waals surface area contributed by atoms with Crippen LogP contribution in [0.15, 0.2) is 18.2 Å². The number of hydrogen-bond donors (Lipinski definition) is 2. The summed E-state index contributed by atoms with van der Waals surface area (Å²) in [5.74, 6) is -3.66. The lowest BCUT2D eigenvalue weighted by Gasteiger charge is -2.22. The number of imide groups is 1. The van der Waals surface area contributed by atoms with Crippen LogP contribution in [0.5, 0.6) is 0 Å². The molecule has 1 aromatic carbocycles. The third-order valence-electron chi connectivity index (χ3n) is 3.98. The first kappa shape index (κ1) is 19.3. The van der Waals surface area contributed by atoms with Gasteiger partial charge >= 0.3 is 6.03 Å². The van der Waals surface area contributed by atoms with Gasteiger partial charge in [-0.15, -0.1) is 0 Å². The molecule has 1 saturated heterocycles. The highest BCUT2D eigenvalue weighted by molar-refractivity contribution is 6.09. The molecule has 2 rings (SSSR count). The number of likely N-dealkylation sites (N-methyl/N-ethyl adjacent to an activating group) is 1. The van der Waals surface area contributed by atoms with Gasteiger partial charge in [-0.1, -0.05) is 0 Å². The van der Waals surface area contributed by atoms with E-state index in [2.05, 4.69) is 10.6 Å². The zero-order valence-electron chi connectivity index (χ0n) is 14.4. The van der Waals surface area contributed by atoms with Crippen LogP contribution < -0.4 is 10.6 Å². The maximum Gasteiger partial charge on any atom is 0.325 e. The summed E-state index contributed by atoms with van der Waals surface area (Å²) in [6.45, 7) is 0.266. The molecule has 1 aromatic rings. The summed E-state index contributed by atoms with van der Waals surface area (Å²) in [4.78, 5) is 49.8. The van der Waals surface area contributed by atoms with Crippen molar-refractivity contribution in [2.24, 2.45) is 0 Å². The van der Waals surface area contributed by atoms with Crippen molar-refractivity contribution in [2.45, 2.75) is 12.5 Å². The molecule has 1 aliphatic rings. The Labute approximate surface area is 148 Å². The van der Waals surface area contributed by atoms with Crippen molar-refractivity contribution in [3.63, 3.8) is 0 Å². The van der Waals surface area contributed by atoms with Gasteiger partial charge in [0, 0.05) is 19.7 Å². The Bertz CT molecular complexity index is 784. The van der Waals surface area contributed by atoms with Gasteiger partial charge in [-0.2, -0.15) is 0 Å². The number of rotatable bonds is 5. The van der Waals surface area contributed by atoms with Gasteiger partial charge in [0.25, 0.3) is 5.91 Å². The first-order valence-corrected chi connectivity index (χ1v) is 7.62. The van der Waals surface area contributed by atoms with E-state index in [9.17, 15) is 28.0 Å². The summed E-state index contributed by atoms with van der Waals surface area (Å²) < 4.78 is 27.5. The molecular formula is C16H18F2N4O4. The van der Waals surface area contributed by atoms with Gasteiger partial charge in [-0.05, 0) is 25.1 Å². The van der Waals surface area contributed by atoms with Crippen LogP contribution >= 0.6 is 0 Å². The van der Waals surface area contributed by atoms with E-state index in [0.717, 1.165) is 18.2 Å². The van der Waals surface area contributed by atoms with Crippen LogP contribution in [0.3, 0.4) is 0 Å². The van der Waals surface area contributed by atoms with E-state index in [-0.39, 0.29) is 18.0 Å². The summed E-state index contributed by atoms with van der Waals surface area (Å²) in [6.07, 6.45) is 0. The standard InChI is InChI=1S/C16H18F2N4O4/c1-16(10-6-9(17)4-5-11(10)18)14(25)22(15(26)20-16)8-12(23)19-7-13(24)21(2)3/h4-6H,7-8H2,1-3H3,(H,19,23)(H,20,26)/t16-/m0/s1. The van der Waals surface area contributed by atoms with Crippen LogP contribution in [0.2, 0.25) is 0 Å². The Hall–Kier alpha value is -3.04. The molecule has 0 unspecified atom stereocenters. The summed E-state index contributed by atoms with van der Waals surface area (Å²) in [6, 6.07) is 1.62. The molecule has 0 aliphatic carbocycles. The lowest BCUT2D eigenvalue weighted by Crippen LogP contribution is -2.45. The van der Waals surface area contributed by atoms with Gasteiger partial charge in [0.1, 0.15) is 23.7 Å². The molecule has 1 aliphatic heterocycles. The molecule has 8 nitrogen and oxygen atoms in total. The number of carbonyl (C=O) groups excluding carboxylic acids is 4. The second-order valence-corrected chi connectivity index (χ2v) is 6.14. The largest absolute Gasteiger partial charge is 0.347 e. The number of halogens is 2. The van der Waals surface area contributed by atoms with E-state index in [4.69, 9.17) is 0 Å². The number of urea groups is 1. The van der Waals surface area contributed by atoms with Crippen molar-refractivity contribution in [1.29, 1.82) is 0 Å². The summed E-state index contributed by atoms with van der Waals surface area (Å²) in [7, 11) is 3.01. The Kier molecular flexibility index (Phi) is 5.24. The molecule has 1 fully saturated rings. The molecule has 1 atom stereocenters. The molecule has 0 aromatic heterocycles. The number of benzene rings is 1. The van der Waals surface area contributed by atoms with E-state index in [1.807, 2.05) is 0 Å². The van der Waals surface area contributed by atoms with Gasteiger partial charge in [0.15, 0.2) is 0 Å². The van der Waals surface area contributed by atoms with E-state index in [1.54, 1.807) is 0 Å². The molecule has 26 heavy (non-hydrogen) atoms. The van der Waals surface area contributed by atoms with E-state index in [1.165, 1.54) is 25.9 Å². The van der Waals surface area contributed by atoms with Crippen LogP contribution in [0.1, 0.15) is 12.5 Å². The number of hydrogen-bond acceptors (Lipinski definition) is 4. The normalized spacial score (nSPS) is 19.3. The SMILES string of the molecule is CN(C)C(=O)CNC(=O)CN1C(=O)N[C@@](C)(c2cc(F)ccc2F)C1=O. The maximum absolute atomic E-state index is 14.0. The average Bonchev–Trinajstić information content (AvgIpc) is 2.78. The number of nitrogens with one attached hydrogen (secondary N) is 2. The van der Waals surface area contributed by atoms with E-state index in [0.29, 0.717) is 4.90 Å². The van der Waals surface area contributed by atoms with Gasteiger partial charge in [0.2, 0.25) is 11.8 Å². The van der Waals surface area contributed by atoms with Crippen molar-refractivity contribution in [1.82, 2.24) is 20.4 Å². The Balaban J connectivity index is 2.14. The average molecular weight is 368 g/mol. The van der Waals surface area contributed by atoms with Crippen molar-refractivity contribution < 1.29 is 28.0 Å². The summed E-state index contributed by atoms with van der Waals surface area (Å²) in [5, 5.41) is 4.56. The number of nitrogens with zero attached hydrogens (tertiary/aromatic N) is 2. The quantitative estimate of drug-likeness (QED) is 0.711. The van der Waals surface area contributed by atoms with Gasteiger partial charge in [-0.25, -0.2) is 13.6 Å². The fourth-order valence-electron chi connectivity index (χ4n) is 2.44. The monoisotopic (exact) mass is 368 g/mol. The van der Waals surface area contributed by atoms with Crippen molar-refractivity contribution >= 4 is 23.8 Å². The summed E-state index contributed by atoms with van der Waals surface area (Å²) >= 11 is 0. The molecule has 1 heterocycles. The maximum atomic E-state index is 14.0. The smallest absolute Gasteiger partial charge is 0.325 e. The molecule has 2 N–H and O–H groups in total. The van der Waals surface area contributed by atoms with E-state index < -0.39 is 41.6 Å². The Morgan fingerprint density at radius 3 is 2.54 bits per heavy atom. The minimum Gasteiger partial charge on any atom is -0.347 e. The molecular weight excluding hydrogens is 350 g/mol. The third kappa shape index (κ3) is 3.63. The molecule has 140 valence electrons. The van der Waals surface area contributed by atoms with Crippen LogP contribution in [0.25, 0.3) is 0 Å². The van der Waals surface area contributed by atoms with Crippen molar-refractivity contribution in [3.8, 4) is 0 Å². The second-order valence-electron chi connectivity index (χ2n) is 6.14. The number of carbonyl (C=O) groups is 4. The highest BCUT2D eigenvalue weighted by atomic mass is 19.1. The van der Waals surface area contributed by atoms with Crippen LogP contribution in [0, 0.1) is 11.6 Å². The molecule has 0 spiro atoms. The van der Waals surface area contributed by atoms with Crippen LogP contribution in [-0.2, 0) is 19.9 Å². The fourth-order valence-corrected chi connectivity index (χ4v) is 2.44. The van der Waals surface area contributed by atoms with Crippen LogP contribution in [0.4, 0.5) is 13.6 Å². The van der Waals surface area contributed by atoms with Crippen LogP contribution in [-0.4, -0.2) is 60.7 Å². The molecule has 0 saturated carbocycles. The Morgan fingerprint density at radius 2 is 1.92 bits per heavy atom. The molecule has 0 bridgehead atoms. The number of amides is 5. The molecule has 5 amide bonds. The van der Waals surface area contributed by atoms with Gasteiger partial charge in [0.05, 0.1) is 6.54 Å². The second kappa shape index (κ2) is 7.06. The predicted octanol–water partition coefficient (Wildman–Crippen LogP) is -0.0638. The lowest BCUT2D eigenvalue weighted by atomic mass is 9.91. The highest BCUT2D eigenvalue weighted by Gasteiger charge is 2.50. The zero-order valence-corrected chi connectivity index (χ0v) is 14.4. The molecule has 0 radical (unpaired) electrons. The van der Waals surface area contributed by atoms with Crippen molar-refractivity contribution in [3.05, 3.63) is 35.4 Å². The van der Waals surface area contributed by atoms with E-state index >= 15 is 0 Å². The topological polar surface area (TPSA) is 98.8 Å². The lowest BCUT2D eigenvalue weighted by molar-refractivity contribution is -0.135. The first-order chi connectivity index (χ1) is 12.1.